The average molecular weight is 174 g/mol. The quantitative estimate of drug-likeness (QED) is 0.627. The molecule has 0 N–H and O–H groups in total. The summed E-state index contributed by atoms with van der Waals surface area (Å²) >= 11 is 5.62. The maximum atomic E-state index is 12.8. The average Bonchev–Trinajstić information content (AvgIpc) is 1.98. The summed E-state index contributed by atoms with van der Waals surface area (Å²) in [6.45, 7) is 1.99. The van der Waals surface area contributed by atoms with Crippen LogP contribution >= 0.6 is 11.6 Å². The standard InChI is InChI=1S/C8H9ClFN/c1-2-3-6-4-7(9)5-11-8(6)10/h4-5H,2-3H2,1H3. The highest BCUT2D eigenvalue weighted by molar-refractivity contribution is 6.30. The van der Waals surface area contributed by atoms with Gasteiger partial charge in [0.05, 0.1) is 5.02 Å². The largest absolute Gasteiger partial charge is 0.227 e. The fraction of sp³-hybridized carbons (Fsp3) is 0.375. The molecule has 0 spiro atoms. The molecule has 1 nitrogen and oxygen atoms in total. The van der Waals surface area contributed by atoms with Crippen molar-refractivity contribution in [1.82, 2.24) is 4.98 Å². The van der Waals surface area contributed by atoms with Crippen molar-refractivity contribution in [2.24, 2.45) is 0 Å². The van der Waals surface area contributed by atoms with E-state index in [2.05, 4.69) is 4.98 Å². The Balaban J connectivity index is 2.93. The second kappa shape index (κ2) is 3.67. The molecule has 0 saturated heterocycles. The number of hydrogen-bond acceptors (Lipinski definition) is 1. The van der Waals surface area contributed by atoms with E-state index in [9.17, 15) is 4.39 Å². The lowest BCUT2D eigenvalue weighted by Crippen LogP contribution is -1.92. The maximum absolute atomic E-state index is 12.8. The first kappa shape index (κ1) is 8.47. The molecule has 0 aliphatic rings. The third-order valence-corrected chi connectivity index (χ3v) is 1.60. The van der Waals surface area contributed by atoms with Gasteiger partial charge in [0.1, 0.15) is 0 Å². The van der Waals surface area contributed by atoms with E-state index in [0.717, 1.165) is 6.42 Å². The highest BCUT2D eigenvalue weighted by atomic mass is 35.5. The molecule has 0 aromatic carbocycles. The van der Waals surface area contributed by atoms with Gasteiger partial charge in [0.2, 0.25) is 5.95 Å². The first-order chi connectivity index (χ1) is 5.24. The van der Waals surface area contributed by atoms with Gasteiger partial charge >= 0.3 is 0 Å². The van der Waals surface area contributed by atoms with Gasteiger partial charge in [-0.25, -0.2) is 4.98 Å². The summed E-state index contributed by atoms with van der Waals surface area (Å²) in [5.74, 6) is -0.406. The van der Waals surface area contributed by atoms with E-state index >= 15 is 0 Å². The monoisotopic (exact) mass is 173 g/mol. The lowest BCUT2D eigenvalue weighted by Gasteiger charge is -1.99. The van der Waals surface area contributed by atoms with Crippen LogP contribution in [0.5, 0.6) is 0 Å². The molecule has 11 heavy (non-hydrogen) atoms. The van der Waals surface area contributed by atoms with Crippen LogP contribution in [0.2, 0.25) is 5.02 Å². The SMILES string of the molecule is CCCc1cc(Cl)cnc1F. The number of rotatable bonds is 2. The van der Waals surface area contributed by atoms with Gasteiger partial charge in [-0.15, -0.1) is 0 Å². The summed E-state index contributed by atoms with van der Waals surface area (Å²) < 4.78 is 12.8. The number of pyridine rings is 1. The Morgan fingerprint density at radius 1 is 1.64 bits per heavy atom. The van der Waals surface area contributed by atoms with Crippen molar-refractivity contribution in [2.45, 2.75) is 19.8 Å². The lowest BCUT2D eigenvalue weighted by atomic mass is 10.2. The van der Waals surface area contributed by atoms with Gasteiger partial charge < -0.3 is 0 Å². The molecule has 60 valence electrons. The number of aryl methyl sites for hydroxylation is 1. The van der Waals surface area contributed by atoms with Crippen LogP contribution in [-0.4, -0.2) is 4.98 Å². The minimum atomic E-state index is -0.406. The summed E-state index contributed by atoms with van der Waals surface area (Å²) in [4.78, 5) is 3.50. The summed E-state index contributed by atoms with van der Waals surface area (Å²) in [5, 5.41) is 0.495. The molecule has 0 aliphatic carbocycles. The highest BCUT2D eigenvalue weighted by Gasteiger charge is 2.01. The van der Waals surface area contributed by atoms with E-state index in [1.54, 1.807) is 6.07 Å². The Labute approximate surface area is 70.2 Å². The van der Waals surface area contributed by atoms with Crippen molar-refractivity contribution < 1.29 is 4.39 Å². The Hall–Kier alpha value is -0.630. The minimum Gasteiger partial charge on any atom is -0.227 e. The molecule has 0 amide bonds. The molecule has 0 bridgehead atoms. The van der Waals surface area contributed by atoms with Crippen molar-refractivity contribution in [2.75, 3.05) is 0 Å². The molecule has 3 heteroatoms. The van der Waals surface area contributed by atoms with Crippen LogP contribution in [0.25, 0.3) is 0 Å². The molecule has 1 rings (SSSR count). The predicted octanol–water partition coefficient (Wildman–Crippen LogP) is 2.83. The van der Waals surface area contributed by atoms with E-state index < -0.39 is 5.95 Å². The number of aromatic nitrogens is 1. The fourth-order valence-electron chi connectivity index (χ4n) is 0.909. The van der Waals surface area contributed by atoms with Gasteiger partial charge in [0.25, 0.3) is 0 Å². The first-order valence-corrected chi connectivity index (χ1v) is 3.91. The molecule has 0 atom stereocenters. The molecule has 0 radical (unpaired) electrons. The van der Waals surface area contributed by atoms with Crippen LogP contribution < -0.4 is 0 Å². The van der Waals surface area contributed by atoms with Gasteiger partial charge in [0.15, 0.2) is 0 Å². The van der Waals surface area contributed by atoms with Crippen LogP contribution in [0, 0.1) is 5.95 Å². The van der Waals surface area contributed by atoms with Gasteiger partial charge in [-0.3, -0.25) is 0 Å². The van der Waals surface area contributed by atoms with E-state index in [1.807, 2.05) is 6.92 Å². The third-order valence-electron chi connectivity index (χ3n) is 1.40. The van der Waals surface area contributed by atoms with Gasteiger partial charge in [-0.05, 0) is 12.5 Å². The van der Waals surface area contributed by atoms with Crippen LogP contribution in [0.15, 0.2) is 12.3 Å². The second-order valence-electron chi connectivity index (χ2n) is 2.35. The molecule has 0 unspecified atom stereocenters. The molecular weight excluding hydrogens is 165 g/mol. The van der Waals surface area contributed by atoms with Crippen LogP contribution in [-0.2, 0) is 6.42 Å². The van der Waals surface area contributed by atoms with Crippen LogP contribution in [0.3, 0.4) is 0 Å². The molecule has 1 heterocycles. The van der Waals surface area contributed by atoms with Crippen molar-refractivity contribution in [3.8, 4) is 0 Å². The summed E-state index contributed by atoms with van der Waals surface area (Å²) in [7, 11) is 0. The minimum absolute atomic E-state index is 0.406. The van der Waals surface area contributed by atoms with Crippen molar-refractivity contribution in [3.63, 3.8) is 0 Å². The van der Waals surface area contributed by atoms with E-state index in [4.69, 9.17) is 11.6 Å². The fourth-order valence-corrected chi connectivity index (χ4v) is 1.09. The molecule has 0 saturated carbocycles. The molecule has 0 fully saturated rings. The van der Waals surface area contributed by atoms with Crippen LogP contribution in [0.4, 0.5) is 4.39 Å². The Bertz CT molecular complexity index is 250. The summed E-state index contributed by atoms with van der Waals surface area (Å²) in [5.41, 5.74) is 0.597. The Morgan fingerprint density at radius 3 is 3.00 bits per heavy atom. The second-order valence-corrected chi connectivity index (χ2v) is 2.79. The van der Waals surface area contributed by atoms with Gasteiger partial charge in [-0.1, -0.05) is 24.9 Å². The first-order valence-electron chi connectivity index (χ1n) is 3.54. The third kappa shape index (κ3) is 2.15. The number of nitrogens with zero attached hydrogens (tertiary/aromatic N) is 1. The zero-order valence-corrected chi connectivity index (χ0v) is 7.03. The summed E-state index contributed by atoms with van der Waals surface area (Å²) in [6.07, 6.45) is 2.91. The highest BCUT2D eigenvalue weighted by Crippen LogP contribution is 2.13. The Kier molecular flexibility index (Phi) is 2.83. The zero-order chi connectivity index (χ0) is 8.27. The zero-order valence-electron chi connectivity index (χ0n) is 6.27. The van der Waals surface area contributed by atoms with Gasteiger partial charge in [0, 0.05) is 11.8 Å². The van der Waals surface area contributed by atoms with E-state index in [1.165, 1.54) is 6.20 Å². The smallest absolute Gasteiger partial charge is 0.216 e. The van der Waals surface area contributed by atoms with E-state index in [0.29, 0.717) is 17.0 Å². The van der Waals surface area contributed by atoms with Crippen molar-refractivity contribution in [1.29, 1.82) is 0 Å². The summed E-state index contributed by atoms with van der Waals surface area (Å²) in [6, 6.07) is 1.62. The topological polar surface area (TPSA) is 12.9 Å². The Morgan fingerprint density at radius 2 is 2.36 bits per heavy atom. The molecular formula is C8H9ClFN. The molecule has 0 aliphatic heterocycles. The molecule has 1 aromatic rings. The predicted molar refractivity (Wildman–Crippen MR) is 43.2 cm³/mol. The van der Waals surface area contributed by atoms with Crippen molar-refractivity contribution in [3.05, 3.63) is 28.8 Å². The molecule has 1 aromatic heterocycles. The van der Waals surface area contributed by atoms with E-state index in [-0.39, 0.29) is 0 Å². The number of halogens is 2. The number of hydrogen-bond donors (Lipinski definition) is 0. The van der Waals surface area contributed by atoms with Gasteiger partial charge in [-0.2, -0.15) is 4.39 Å². The van der Waals surface area contributed by atoms with Crippen LogP contribution in [0.1, 0.15) is 18.9 Å². The normalized spacial score (nSPS) is 10.1. The maximum Gasteiger partial charge on any atom is 0.216 e. The van der Waals surface area contributed by atoms with Crippen molar-refractivity contribution >= 4 is 11.6 Å². The lowest BCUT2D eigenvalue weighted by molar-refractivity contribution is 0.564.